The average molecular weight is 1010 g/mol. The van der Waals surface area contributed by atoms with Crippen LogP contribution < -0.4 is 4.48 Å². The number of rotatable bonds is 10. The van der Waals surface area contributed by atoms with Gasteiger partial charge in [-0.15, -0.1) is 66.2 Å². The zero-order valence-corrected chi connectivity index (χ0v) is 40.7. The van der Waals surface area contributed by atoms with E-state index in [1.807, 2.05) is 42.7 Å². The Morgan fingerprint density at radius 1 is 0.587 bits per heavy atom. The van der Waals surface area contributed by atoms with E-state index in [1.54, 1.807) is 0 Å². The van der Waals surface area contributed by atoms with Crippen LogP contribution >= 0.6 is 0 Å². The minimum absolute atomic E-state index is 0. The number of nitrogens with zero attached hydrogens (tertiary/aromatic N) is 4. The number of amidine groups is 1. The zero-order chi connectivity index (χ0) is 43.7. The molecule has 1 atom stereocenters. The zero-order valence-electron chi connectivity index (χ0n) is 38.3. The summed E-state index contributed by atoms with van der Waals surface area (Å²) in [4.78, 5) is 9.68. The molecule has 323 valence electrons. The van der Waals surface area contributed by atoms with Gasteiger partial charge in [0.15, 0.2) is 11.5 Å². The van der Waals surface area contributed by atoms with Gasteiger partial charge >= 0.3 is 0 Å². The van der Waals surface area contributed by atoms with Crippen LogP contribution in [0.15, 0.2) is 156 Å². The third-order valence-electron chi connectivity index (χ3n) is 12.2. The Morgan fingerprint density at radius 2 is 1.16 bits per heavy atom. The van der Waals surface area contributed by atoms with Gasteiger partial charge in [-0.25, -0.2) is 9.48 Å². The van der Waals surface area contributed by atoms with Crippen LogP contribution in [0.4, 0.5) is 11.4 Å². The molecule has 1 aliphatic heterocycles. The van der Waals surface area contributed by atoms with E-state index in [-0.39, 0.29) is 26.0 Å². The van der Waals surface area contributed by atoms with Gasteiger partial charge in [0.05, 0.1) is 17.4 Å². The topological polar surface area (TPSA) is 43.3 Å². The van der Waals surface area contributed by atoms with Gasteiger partial charge < -0.3 is 8.98 Å². The van der Waals surface area contributed by atoms with Crippen molar-refractivity contribution < 1.29 is 24.5 Å². The number of aliphatic imine (C=N–C) groups is 1. The molecule has 3 heterocycles. The molecule has 0 N–H and O–H groups in total. The van der Waals surface area contributed by atoms with Gasteiger partial charge in [0.25, 0.3) is 0 Å². The van der Waals surface area contributed by atoms with Gasteiger partial charge in [0.1, 0.15) is 23.1 Å². The fourth-order valence-electron chi connectivity index (χ4n) is 9.13. The molecule has 0 saturated heterocycles. The Hall–Kier alpha value is -5.65. The van der Waals surface area contributed by atoms with E-state index in [0.717, 1.165) is 39.3 Å². The monoisotopic (exact) mass is 1010 g/mol. The second kappa shape index (κ2) is 19.0. The molecule has 1 radical (unpaired) electrons. The fraction of sp³-hybridized carbons (Fsp3) is 0.263. The molecule has 9 rings (SSSR count). The summed E-state index contributed by atoms with van der Waals surface area (Å²) in [6.45, 7) is 22.6. The summed E-state index contributed by atoms with van der Waals surface area (Å²) in [6, 6.07) is 49.3. The fourth-order valence-corrected chi connectivity index (χ4v) is 9.13. The van der Waals surface area contributed by atoms with Crippen molar-refractivity contribution in [3.8, 4) is 17.1 Å². The second-order valence-electron chi connectivity index (χ2n) is 18.0. The summed E-state index contributed by atoms with van der Waals surface area (Å²) in [5.41, 5.74) is 14.2. The SMILES string of the molecule is CC(C)c1cccc(C(C)C)c1-n1ccnc1-c1[c-]cccc1.CC(C)c1ccccc1[N+]1(c2c(C(C)C)cc(C(C)C)c3oc4ccccc4c23)C=CN=C1c1[c-]cccc1.[Ir]. The van der Waals surface area contributed by atoms with E-state index < -0.39 is 0 Å². The third kappa shape index (κ3) is 8.33. The maximum Gasteiger partial charge on any atom is 0.169 e. The van der Waals surface area contributed by atoms with Crippen LogP contribution in [0.1, 0.15) is 132 Å². The molecular weight excluding hydrogens is 949 g/mol. The third-order valence-corrected chi connectivity index (χ3v) is 12.2. The number of quaternary nitrogens is 1. The molecular formula is C57H59IrN4O-. The smallest absolute Gasteiger partial charge is 0.169 e. The molecule has 1 unspecified atom stereocenters. The van der Waals surface area contributed by atoms with E-state index in [1.165, 1.54) is 50.3 Å². The first-order valence-electron chi connectivity index (χ1n) is 22.3. The van der Waals surface area contributed by atoms with Crippen LogP contribution in [0, 0.1) is 12.1 Å². The summed E-state index contributed by atoms with van der Waals surface area (Å²) in [5, 5.41) is 2.32. The molecule has 5 nitrogen and oxygen atoms in total. The van der Waals surface area contributed by atoms with Crippen molar-refractivity contribution in [3.05, 3.63) is 192 Å². The van der Waals surface area contributed by atoms with Crippen molar-refractivity contribution >= 4 is 39.1 Å². The molecule has 63 heavy (non-hydrogen) atoms. The Bertz CT molecular complexity index is 2870. The maximum absolute atomic E-state index is 6.70. The van der Waals surface area contributed by atoms with Gasteiger partial charge in [-0.3, -0.25) is 4.98 Å². The van der Waals surface area contributed by atoms with E-state index in [2.05, 4.69) is 194 Å². The van der Waals surface area contributed by atoms with Crippen molar-refractivity contribution in [1.82, 2.24) is 14.0 Å². The number of furan rings is 1. The summed E-state index contributed by atoms with van der Waals surface area (Å²) in [5.74, 6) is 3.75. The van der Waals surface area contributed by atoms with Crippen molar-refractivity contribution in [2.45, 2.75) is 98.8 Å². The Kier molecular flexibility index (Phi) is 13.7. The van der Waals surface area contributed by atoms with E-state index in [0.29, 0.717) is 28.2 Å². The number of para-hydroxylation sites is 3. The molecule has 0 spiro atoms. The van der Waals surface area contributed by atoms with Crippen LogP contribution in [0.3, 0.4) is 0 Å². The van der Waals surface area contributed by atoms with Crippen LogP contribution in [-0.4, -0.2) is 15.4 Å². The molecule has 0 aliphatic carbocycles. The second-order valence-corrected chi connectivity index (χ2v) is 18.0. The number of benzene rings is 6. The molecule has 0 bridgehead atoms. The predicted molar refractivity (Wildman–Crippen MR) is 261 cm³/mol. The van der Waals surface area contributed by atoms with Crippen molar-refractivity contribution in [2.24, 2.45) is 4.99 Å². The number of fused-ring (bicyclic) bond motifs is 3. The Labute approximate surface area is 388 Å². The number of hydrogen-bond donors (Lipinski definition) is 0. The van der Waals surface area contributed by atoms with Crippen LogP contribution in [-0.2, 0) is 20.1 Å². The molecule has 2 aromatic heterocycles. The molecule has 0 saturated carbocycles. The van der Waals surface area contributed by atoms with Crippen LogP contribution in [0.2, 0.25) is 0 Å². The first kappa shape index (κ1) is 45.4. The van der Waals surface area contributed by atoms with Gasteiger partial charge in [0.2, 0.25) is 0 Å². The number of aromatic nitrogens is 2. The van der Waals surface area contributed by atoms with Crippen LogP contribution in [0.5, 0.6) is 0 Å². The molecule has 6 aromatic carbocycles. The largest absolute Gasteiger partial charge is 0.456 e. The van der Waals surface area contributed by atoms with Crippen molar-refractivity contribution in [3.63, 3.8) is 0 Å². The minimum Gasteiger partial charge on any atom is -0.456 e. The summed E-state index contributed by atoms with van der Waals surface area (Å²) in [7, 11) is 0. The summed E-state index contributed by atoms with van der Waals surface area (Å²) >= 11 is 0. The quantitative estimate of drug-likeness (QED) is 0.101. The van der Waals surface area contributed by atoms with Gasteiger partial charge in [-0.2, -0.15) is 0 Å². The van der Waals surface area contributed by atoms with Gasteiger partial charge in [0, 0.05) is 60.8 Å². The minimum atomic E-state index is 0. The summed E-state index contributed by atoms with van der Waals surface area (Å²) in [6.07, 6.45) is 8.16. The normalized spacial score (nSPS) is 14.9. The first-order valence-corrected chi connectivity index (χ1v) is 22.3. The van der Waals surface area contributed by atoms with Gasteiger partial charge in [-0.1, -0.05) is 129 Å². The Morgan fingerprint density at radius 3 is 1.78 bits per heavy atom. The molecule has 8 aromatic rings. The molecule has 1 aliphatic rings. The number of imidazole rings is 1. The predicted octanol–water partition coefficient (Wildman–Crippen LogP) is 15.9. The van der Waals surface area contributed by atoms with Crippen molar-refractivity contribution in [1.29, 1.82) is 0 Å². The van der Waals surface area contributed by atoms with Gasteiger partial charge in [-0.05, 0) is 58.4 Å². The Balaban J connectivity index is 0.000000212. The van der Waals surface area contributed by atoms with E-state index in [9.17, 15) is 0 Å². The first-order chi connectivity index (χ1) is 29.9. The van der Waals surface area contributed by atoms with E-state index in [4.69, 9.17) is 9.41 Å². The molecule has 0 fully saturated rings. The van der Waals surface area contributed by atoms with Crippen LogP contribution in [0.25, 0.3) is 39.0 Å². The number of hydrogen-bond acceptors (Lipinski definition) is 3. The standard InChI is InChI=1S/C36H36N2O.C21H23N2.Ir/c1-23(2)27-16-10-12-18-31(27)38(21-20-37-36(38)26-14-8-7-9-15-26)34-29(24(3)4)22-30(25(5)6)35-33(34)28-17-11-13-19-32(28)39-35;1-15(2)18-11-8-12-19(16(3)4)20(18)23-14-13-22-21(23)17-9-6-5-7-10-17;/h7-14,16-25H,1-6H3;5-9,11-16H,1-4H3;/q;-1;. The molecule has 0 amide bonds. The maximum atomic E-state index is 6.70. The average Bonchev–Trinajstić information content (AvgIpc) is 4.04. The van der Waals surface area contributed by atoms with Crippen molar-refractivity contribution in [2.75, 3.05) is 0 Å². The summed E-state index contributed by atoms with van der Waals surface area (Å²) < 4.78 is 9.31. The van der Waals surface area contributed by atoms with E-state index >= 15 is 0 Å². The molecule has 6 heteroatoms.